The summed E-state index contributed by atoms with van der Waals surface area (Å²) in [5.41, 5.74) is 0.900. The third-order valence-electron chi connectivity index (χ3n) is 2.75. The minimum Gasteiger partial charge on any atom is -0.483 e. The molecule has 1 amide bonds. The van der Waals surface area contributed by atoms with Gasteiger partial charge in [0.25, 0.3) is 5.91 Å². The van der Waals surface area contributed by atoms with Crippen LogP contribution in [0.2, 0.25) is 0 Å². The predicted molar refractivity (Wildman–Crippen MR) is 77.0 cm³/mol. The number of ketones is 1. The summed E-state index contributed by atoms with van der Waals surface area (Å²) in [4.78, 5) is 23.2. The van der Waals surface area contributed by atoms with E-state index in [1.807, 2.05) is 0 Å². The summed E-state index contributed by atoms with van der Waals surface area (Å²) in [6.45, 7) is 1.20. The Labute approximate surface area is 121 Å². The third kappa shape index (κ3) is 4.14. The summed E-state index contributed by atoms with van der Waals surface area (Å²) in [6.07, 6.45) is 0. The molecule has 0 aliphatic rings. The molecule has 5 heteroatoms. The average Bonchev–Trinajstić information content (AvgIpc) is 2.48. The number of nitrogens with one attached hydrogen (secondary N) is 1. The van der Waals surface area contributed by atoms with E-state index < -0.39 is 0 Å². The zero-order valence-corrected chi connectivity index (χ0v) is 11.4. The molecule has 0 saturated carbocycles. The molecule has 4 nitrogen and oxygen atoms in total. The third-order valence-corrected chi connectivity index (χ3v) is 2.75. The average molecular weight is 287 g/mol. The van der Waals surface area contributed by atoms with E-state index >= 15 is 0 Å². The van der Waals surface area contributed by atoms with Crippen molar-refractivity contribution in [3.8, 4) is 5.75 Å². The smallest absolute Gasteiger partial charge is 0.262 e. The van der Waals surface area contributed by atoms with E-state index in [0.29, 0.717) is 17.0 Å². The van der Waals surface area contributed by atoms with Gasteiger partial charge >= 0.3 is 0 Å². The highest BCUT2D eigenvalue weighted by Gasteiger charge is 2.09. The Hall–Kier alpha value is -2.69. The quantitative estimate of drug-likeness (QED) is 0.860. The van der Waals surface area contributed by atoms with E-state index in [-0.39, 0.29) is 24.1 Å². The molecule has 0 bridgehead atoms. The van der Waals surface area contributed by atoms with E-state index in [4.69, 9.17) is 4.74 Å². The number of carbonyl (C=O) groups excluding carboxylic acids is 2. The fourth-order valence-corrected chi connectivity index (χ4v) is 1.76. The van der Waals surface area contributed by atoms with Crippen LogP contribution in [0, 0.1) is 5.82 Å². The van der Waals surface area contributed by atoms with Crippen molar-refractivity contribution in [1.29, 1.82) is 0 Å². The zero-order valence-electron chi connectivity index (χ0n) is 11.4. The molecule has 0 fully saturated rings. The number of rotatable bonds is 5. The summed E-state index contributed by atoms with van der Waals surface area (Å²) in [6, 6.07) is 12.1. The topological polar surface area (TPSA) is 55.4 Å². The van der Waals surface area contributed by atoms with Crippen molar-refractivity contribution in [3.63, 3.8) is 0 Å². The van der Waals surface area contributed by atoms with E-state index in [1.54, 1.807) is 24.3 Å². The Morgan fingerprint density at radius 3 is 2.43 bits per heavy atom. The van der Waals surface area contributed by atoms with E-state index in [2.05, 4.69) is 5.32 Å². The van der Waals surface area contributed by atoms with E-state index in [1.165, 1.54) is 31.2 Å². The van der Waals surface area contributed by atoms with Crippen LogP contribution in [0.1, 0.15) is 17.3 Å². The molecule has 0 saturated heterocycles. The highest BCUT2D eigenvalue weighted by molar-refractivity contribution is 5.97. The number of hydrogen-bond acceptors (Lipinski definition) is 3. The van der Waals surface area contributed by atoms with Crippen LogP contribution in [0.3, 0.4) is 0 Å². The van der Waals surface area contributed by atoms with Crippen LogP contribution < -0.4 is 10.1 Å². The Kier molecular flexibility index (Phi) is 4.66. The van der Waals surface area contributed by atoms with Crippen molar-refractivity contribution >= 4 is 17.4 Å². The standard InChI is InChI=1S/C16H14FNO3/c1-11(19)14-4-2-3-5-15(14)21-10-16(20)18-13-8-6-12(17)7-9-13/h2-9H,10H2,1H3,(H,18,20). The van der Waals surface area contributed by atoms with Crippen molar-refractivity contribution in [3.05, 3.63) is 59.9 Å². The number of anilines is 1. The number of carbonyl (C=O) groups is 2. The number of ether oxygens (including phenoxy) is 1. The van der Waals surface area contributed by atoms with Gasteiger partial charge in [-0.1, -0.05) is 12.1 Å². The van der Waals surface area contributed by atoms with Crippen LogP contribution in [0.25, 0.3) is 0 Å². The molecule has 0 aromatic heterocycles. The molecule has 0 unspecified atom stereocenters. The van der Waals surface area contributed by atoms with Crippen molar-refractivity contribution in [2.75, 3.05) is 11.9 Å². The summed E-state index contributed by atoms with van der Waals surface area (Å²) in [5.74, 6) is -0.539. The molecule has 21 heavy (non-hydrogen) atoms. The lowest BCUT2D eigenvalue weighted by Gasteiger charge is -2.10. The summed E-state index contributed by atoms with van der Waals surface area (Å²) in [7, 11) is 0. The first kappa shape index (κ1) is 14.7. The monoisotopic (exact) mass is 287 g/mol. The maximum Gasteiger partial charge on any atom is 0.262 e. The summed E-state index contributed by atoms with van der Waals surface area (Å²) >= 11 is 0. The Bertz CT molecular complexity index is 653. The molecule has 0 heterocycles. The lowest BCUT2D eigenvalue weighted by Crippen LogP contribution is -2.20. The molecule has 2 rings (SSSR count). The van der Waals surface area contributed by atoms with Gasteiger partial charge in [0.2, 0.25) is 0 Å². The summed E-state index contributed by atoms with van der Waals surface area (Å²) in [5, 5.41) is 2.57. The van der Waals surface area contributed by atoms with Crippen LogP contribution in [-0.2, 0) is 4.79 Å². The molecule has 0 radical (unpaired) electrons. The lowest BCUT2D eigenvalue weighted by atomic mass is 10.1. The van der Waals surface area contributed by atoms with Gasteiger partial charge in [0, 0.05) is 5.69 Å². The number of hydrogen-bond donors (Lipinski definition) is 1. The van der Waals surface area contributed by atoms with Gasteiger partial charge in [0.1, 0.15) is 11.6 Å². The van der Waals surface area contributed by atoms with Gasteiger partial charge in [-0.25, -0.2) is 4.39 Å². The number of para-hydroxylation sites is 1. The molecule has 0 aliphatic heterocycles. The minimum absolute atomic E-state index is 0.135. The Morgan fingerprint density at radius 2 is 1.76 bits per heavy atom. The van der Waals surface area contributed by atoms with Gasteiger partial charge in [0.05, 0.1) is 5.56 Å². The lowest BCUT2D eigenvalue weighted by molar-refractivity contribution is -0.118. The highest BCUT2D eigenvalue weighted by atomic mass is 19.1. The van der Waals surface area contributed by atoms with Crippen LogP contribution in [0.5, 0.6) is 5.75 Å². The van der Waals surface area contributed by atoms with Gasteiger partial charge in [-0.3, -0.25) is 9.59 Å². The number of amides is 1. The van der Waals surface area contributed by atoms with Gasteiger partial charge in [-0.05, 0) is 43.3 Å². The van der Waals surface area contributed by atoms with Gasteiger partial charge < -0.3 is 10.1 Å². The first-order valence-corrected chi connectivity index (χ1v) is 6.34. The van der Waals surface area contributed by atoms with Crippen LogP contribution in [0.4, 0.5) is 10.1 Å². The normalized spacial score (nSPS) is 10.0. The van der Waals surface area contributed by atoms with Crippen molar-refractivity contribution in [1.82, 2.24) is 0 Å². The van der Waals surface area contributed by atoms with E-state index in [9.17, 15) is 14.0 Å². The molecule has 1 N–H and O–H groups in total. The molecule has 2 aromatic carbocycles. The fourth-order valence-electron chi connectivity index (χ4n) is 1.76. The first-order valence-electron chi connectivity index (χ1n) is 6.34. The Balaban J connectivity index is 1.95. The maximum absolute atomic E-state index is 12.7. The second-order valence-electron chi connectivity index (χ2n) is 4.40. The van der Waals surface area contributed by atoms with Crippen LogP contribution in [0.15, 0.2) is 48.5 Å². The molecule has 108 valence electrons. The molecular formula is C16H14FNO3. The number of Topliss-reactive ketones (excluding diaryl/α,β-unsaturated/α-hetero) is 1. The largest absolute Gasteiger partial charge is 0.483 e. The zero-order chi connectivity index (χ0) is 15.2. The first-order chi connectivity index (χ1) is 10.1. The molecule has 0 atom stereocenters. The van der Waals surface area contributed by atoms with Crippen LogP contribution >= 0.6 is 0 Å². The van der Waals surface area contributed by atoms with Gasteiger partial charge in [0.15, 0.2) is 12.4 Å². The maximum atomic E-state index is 12.7. The second-order valence-corrected chi connectivity index (χ2v) is 4.40. The van der Waals surface area contributed by atoms with Gasteiger partial charge in [-0.2, -0.15) is 0 Å². The van der Waals surface area contributed by atoms with Gasteiger partial charge in [-0.15, -0.1) is 0 Å². The van der Waals surface area contributed by atoms with Crippen molar-refractivity contribution < 1.29 is 18.7 Å². The second kappa shape index (κ2) is 6.65. The Morgan fingerprint density at radius 1 is 1.10 bits per heavy atom. The molecule has 2 aromatic rings. The number of halogens is 1. The number of benzene rings is 2. The minimum atomic E-state index is -0.389. The van der Waals surface area contributed by atoms with Crippen LogP contribution in [-0.4, -0.2) is 18.3 Å². The van der Waals surface area contributed by atoms with E-state index in [0.717, 1.165) is 0 Å². The predicted octanol–water partition coefficient (Wildman–Crippen LogP) is 3.05. The highest BCUT2D eigenvalue weighted by Crippen LogP contribution is 2.18. The molecule has 0 aliphatic carbocycles. The molecular weight excluding hydrogens is 273 g/mol. The van der Waals surface area contributed by atoms with Crippen molar-refractivity contribution in [2.45, 2.75) is 6.92 Å². The molecule has 0 spiro atoms. The van der Waals surface area contributed by atoms with Crippen molar-refractivity contribution in [2.24, 2.45) is 0 Å². The SMILES string of the molecule is CC(=O)c1ccccc1OCC(=O)Nc1ccc(F)cc1. The fraction of sp³-hybridized carbons (Fsp3) is 0.125. The summed E-state index contributed by atoms with van der Waals surface area (Å²) < 4.78 is 18.1.